The molecule has 8 heteroatoms. The predicted octanol–water partition coefficient (Wildman–Crippen LogP) is 0.155. The van der Waals surface area contributed by atoms with Crippen molar-refractivity contribution < 1.29 is 9.53 Å². The van der Waals surface area contributed by atoms with E-state index in [1.807, 2.05) is 13.8 Å². The molecule has 0 radical (unpaired) electrons. The van der Waals surface area contributed by atoms with Crippen LogP contribution in [0.1, 0.15) is 26.7 Å². The maximum Gasteiger partial charge on any atom is 0.323 e. The minimum atomic E-state index is -0.367. The zero-order chi connectivity index (χ0) is 14.7. The van der Waals surface area contributed by atoms with E-state index < -0.39 is 0 Å². The first-order valence-corrected chi connectivity index (χ1v) is 6.67. The molecule has 0 spiro atoms. The first kappa shape index (κ1) is 14.3. The van der Waals surface area contributed by atoms with Gasteiger partial charge in [0.1, 0.15) is 6.04 Å². The van der Waals surface area contributed by atoms with Crippen LogP contribution in [0, 0.1) is 0 Å². The molecule has 1 aromatic rings. The quantitative estimate of drug-likeness (QED) is 0.791. The standard InChI is InChI=1S/C12H20N6O2/c1-7(2)20-12-16-10(14-3)15-11(17-12)18-6-4-5-8(18)9(13)19/h7-8H,4-6H2,1-3H3,(H2,13,19)(H,14,15,16,17). The molecule has 8 nitrogen and oxygen atoms in total. The Balaban J connectivity index is 2.32. The second-order valence-corrected chi connectivity index (χ2v) is 4.91. The number of rotatable bonds is 5. The van der Waals surface area contributed by atoms with Crippen LogP contribution in [0.2, 0.25) is 0 Å². The van der Waals surface area contributed by atoms with Gasteiger partial charge in [0.2, 0.25) is 17.8 Å². The molecule has 1 amide bonds. The largest absolute Gasteiger partial charge is 0.461 e. The van der Waals surface area contributed by atoms with Crippen molar-refractivity contribution in [2.24, 2.45) is 5.73 Å². The predicted molar refractivity (Wildman–Crippen MR) is 74.7 cm³/mol. The molecule has 3 N–H and O–H groups in total. The van der Waals surface area contributed by atoms with Crippen LogP contribution in [0.4, 0.5) is 11.9 Å². The van der Waals surface area contributed by atoms with Gasteiger partial charge in [0, 0.05) is 13.6 Å². The summed E-state index contributed by atoms with van der Waals surface area (Å²) in [5.41, 5.74) is 5.42. The van der Waals surface area contributed by atoms with E-state index in [4.69, 9.17) is 10.5 Å². The van der Waals surface area contributed by atoms with Crippen molar-refractivity contribution in [1.82, 2.24) is 15.0 Å². The fraction of sp³-hybridized carbons (Fsp3) is 0.667. The lowest BCUT2D eigenvalue weighted by atomic mass is 10.2. The third-order valence-corrected chi connectivity index (χ3v) is 3.01. The zero-order valence-electron chi connectivity index (χ0n) is 12.0. The first-order valence-electron chi connectivity index (χ1n) is 6.67. The highest BCUT2D eigenvalue weighted by Crippen LogP contribution is 2.24. The maximum absolute atomic E-state index is 11.5. The number of primary amides is 1. The van der Waals surface area contributed by atoms with Crippen LogP contribution in [-0.2, 0) is 4.79 Å². The summed E-state index contributed by atoms with van der Waals surface area (Å²) >= 11 is 0. The molecular formula is C12H20N6O2. The van der Waals surface area contributed by atoms with Gasteiger partial charge in [-0.05, 0) is 26.7 Å². The Hall–Kier alpha value is -2.12. The number of amides is 1. The maximum atomic E-state index is 11.5. The number of ether oxygens (including phenoxy) is 1. The van der Waals surface area contributed by atoms with Gasteiger partial charge in [-0.2, -0.15) is 15.0 Å². The number of nitrogens with one attached hydrogen (secondary N) is 1. The molecule has 2 rings (SSSR count). The third-order valence-electron chi connectivity index (χ3n) is 3.01. The highest BCUT2D eigenvalue weighted by atomic mass is 16.5. The molecule has 0 aliphatic carbocycles. The molecule has 0 saturated carbocycles. The van der Waals surface area contributed by atoms with E-state index >= 15 is 0 Å². The van der Waals surface area contributed by atoms with Crippen LogP contribution < -0.4 is 20.7 Å². The van der Waals surface area contributed by atoms with Gasteiger partial charge in [-0.3, -0.25) is 4.79 Å². The number of hydrogen-bond acceptors (Lipinski definition) is 7. The van der Waals surface area contributed by atoms with Gasteiger partial charge in [0.15, 0.2) is 0 Å². The second-order valence-electron chi connectivity index (χ2n) is 4.91. The van der Waals surface area contributed by atoms with Crippen LogP contribution in [0.25, 0.3) is 0 Å². The molecule has 1 fully saturated rings. The van der Waals surface area contributed by atoms with Gasteiger partial charge in [0.25, 0.3) is 0 Å². The molecule has 1 aliphatic heterocycles. The van der Waals surface area contributed by atoms with Gasteiger partial charge < -0.3 is 20.7 Å². The third kappa shape index (κ3) is 3.06. The molecule has 1 aromatic heterocycles. The fourth-order valence-electron chi connectivity index (χ4n) is 2.15. The second kappa shape index (κ2) is 5.89. The first-order chi connectivity index (χ1) is 9.51. The van der Waals surface area contributed by atoms with Crippen LogP contribution in [0.5, 0.6) is 6.01 Å². The minimum Gasteiger partial charge on any atom is -0.461 e. The number of carbonyl (C=O) groups excluding carboxylic acids is 1. The Bertz CT molecular complexity index is 493. The summed E-state index contributed by atoms with van der Waals surface area (Å²) in [6, 6.07) is -0.126. The highest BCUT2D eigenvalue weighted by Gasteiger charge is 2.31. The van der Waals surface area contributed by atoms with E-state index in [1.54, 1.807) is 11.9 Å². The molecule has 1 atom stereocenters. The number of aromatic nitrogens is 3. The van der Waals surface area contributed by atoms with E-state index in [1.165, 1.54) is 0 Å². The summed E-state index contributed by atoms with van der Waals surface area (Å²) in [5, 5.41) is 2.86. The number of carbonyl (C=O) groups is 1. The summed E-state index contributed by atoms with van der Waals surface area (Å²) in [7, 11) is 1.72. The molecule has 1 aliphatic rings. The number of anilines is 2. The van der Waals surface area contributed by atoms with Gasteiger partial charge in [0.05, 0.1) is 6.10 Å². The van der Waals surface area contributed by atoms with Gasteiger partial charge in [-0.1, -0.05) is 0 Å². The smallest absolute Gasteiger partial charge is 0.323 e. The summed E-state index contributed by atoms with van der Waals surface area (Å²) in [6.07, 6.45) is 1.56. The van der Waals surface area contributed by atoms with Crippen molar-refractivity contribution in [2.75, 3.05) is 23.8 Å². The fourth-order valence-corrected chi connectivity index (χ4v) is 2.15. The molecule has 0 bridgehead atoms. The van der Waals surface area contributed by atoms with Crippen molar-refractivity contribution in [2.45, 2.75) is 38.8 Å². The normalized spacial score (nSPS) is 18.4. The monoisotopic (exact) mass is 280 g/mol. The van der Waals surface area contributed by atoms with Crippen LogP contribution >= 0.6 is 0 Å². The molecule has 110 valence electrons. The lowest BCUT2D eigenvalue weighted by Gasteiger charge is -2.22. The summed E-state index contributed by atoms with van der Waals surface area (Å²) < 4.78 is 5.51. The molecular weight excluding hydrogens is 260 g/mol. The van der Waals surface area contributed by atoms with Gasteiger partial charge in [-0.15, -0.1) is 0 Å². The van der Waals surface area contributed by atoms with Gasteiger partial charge >= 0.3 is 6.01 Å². The van der Waals surface area contributed by atoms with Crippen LogP contribution in [0.3, 0.4) is 0 Å². The molecule has 1 saturated heterocycles. The Kier molecular flexibility index (Phi) is 4.21. The van der Waals surface area contributed by atoms with E-state index in [2.05, 4.69) is 20.3 Å². The van der Waals surface area contributed by atoms with E-state index in [0.29, 0.717) is 18.4 Å². The topological polar surface area (TPSA) is 106 Å². The van der Waals surface area contributed by atoms with Crippen LogP contribution in [0.15, 0.2) is 0 Å². The Morgan fingerprint density at radius 1 is 1.45 bits per heavy atom. The zero-order valence-corrected chi connectivity index (χ0v) is 12.0. The summed E-state index contributed by atoms with van der Waals surface area (Å²) in [5.74, 6) is 0.460. The van der Waals surface area contributed by atoms with Crippen molar-refractivity contribution in [3.8, 4) is 6.01 Å². The molecule has 2 heterocycles. The average molecular weight is 280 g/mol. The Labute approximate surface area is 117 Å². The van der Waals surface area contributed by atoms with Gasteiger partial charge in [-0.25, -0.2) is 0 Å². The van der Waals surface area contributed by atoms with Crippen molar-refractivity contribution >= 4 is 17.8 Å². The van der Waals surface area contributed by atoms with Crippen molar-refractivity contribution in [3.63, 3.8) is 0 Å². The molecule has 0 aromatic carbocycles. The van der Waals surface area contributed by atoms with Crippen molar-refractivity contribution in [3.05, 3.63) is 0 Å². The van der Waals surface area contributed by atoms with Crippen LogP contribution in [-0.4, -0.2) is 46.6 Å². The van der Waals surface area contributed by atoms with E-state index in [0.717, 1.165) is 12.8 Å². The minimum absolute atomic E-state index is 0.0412. The number of nitrogens with zero attached hydrogens (tertiary/aromatic N) is 4. The average Bonchev–Trinajstić information content (AvgIpc) is 2.86. The summed E-state index contributed by atoms with van der Waals surface area (Å²) in [6.45, 7) is 4.48. The van der Waals surface area contributed by atoms with E-state index in [9.17, 15) is 4.79 Å². The molecule has 20 heavy (non-hydrogen) atoms. The summed E-state index contributed by atoms with van der Waals surface area (Å²) in [4.78, 5) is 26.0. The number of hydrogen-bond donors (Lipinski definition) is 2. The lowest BCUT2D eigenvalue weighted by Crippen LogP contribution is -2.41. The van der Waals surface area contributed by atoms with E-state index in [-0.39, 0.29) is 24.1 Å². The number of nitrogens with two attached hydrogens (primary N) is 1. The van der Waals surface area contributed by atoms with Crippen molar-refractivity contribution in [1.29, 1.82) is 0 Å². The Morgan fingerprint density at radius 3 is 2.80 bits per heavy atom. The molecule has 1 unspecified atom stereocenters. The SMILES string of the molecule is CNc1nc(OC(C)C)nc(N2CCCC2C(N)=O)n1. The highest BCUT2D eigenvalue weighted by molar-refractivity contribution is 5.83. The lowest BCUT2D eigenvalue weighted by molar-refractivity contribution is -0.119. The Morgan fingerprint density at radius 2 is 2.20 bits per heavy atom.